The smallest absolute Gasteiger partial charge is 0.513 e. The molecule has 28 rings (SSSR count). The van der Waals surface area contributed by atoms with E-state index >= 15 is 0 Å². The number of aromatic nitrogens is 5. The monoisotopic (exact) mass is 2620 g/mol. The summed E-state index contributed by atoms with van der Waals surface area (Å²) in [5, 5.41) is 4.38. The largest absolute Gasteiger partial charge is 4.00 e. The fraction of sp³-hybridized carbons (Fsp3) is 0.0331. The molecule has 8 aliphatic rings. The topological polar surface area (TPSA) is 124 Å². The summed E-state index contributed by atoms with van der Waals surface area (Å²) in [4.78, 5) is 34.8. The standard InChI is InChI=1S/2C31H21N4O.C30H20N4O.C29H20N5O.4Pt/c1-33-21-34(27-13-3-2-12-26(27)33)23-9-8-10-24(20-23)35-28-14-4-5-15-30(28)36-31-17-16-22(19-29(31)35)25-11-6-7-18-32-25;1-33-21-34(27-13-3-2-12-26(27)33)23-16-17-31-29(20-23)35(28-14-4-5-15-30(28)36-31)24-10-8-9-22(19-24)25-11-6-7-18-32-25;1-31-21-33(26-12-3-2-11-25(26)31)23-15-16-30-28(20-23)34(27-13-4-5-14-29(27)35-30)24-10-8-9-22(19-24)32-17-6-7-18-32;1-31-20-32(25-11-3-2-10-24(25)31)21-8-6-9-23(18-21)34-26-12-4-5-13-28(26)35-29-15-14-22(19-27(29)34)33-17-7-16-30-33;;;;/h2*2-18,21H,1H3;2-17,21H,1H3;2-17,20H,1H3;;;;/q2*-3;-4;-3;;;;+4. The average Bonchev–Trinajstić information content (AvgIpc) is 1.34. The number of nitrogens with zero attached hydrogens (tertiary/aromatic N) is 17. The van der Waals surface area contributed by atoms with E-state index in [0.717, 1.165) is 216 Å². The summed E-state index contributed by atoms with van der Waals surface area (Å²) in [6.45, 7) is 8.34. The van der Waals surface area contributed by atoms with Gasteiger partial charge in [0.1, 0.15) is 23.0 Å². The van der Waals surface area contributed by atoms with Gasteiger partial charge in [0.2, 0.25) is 0 Å². The molecule has 724 valence electrons. The number of hydrogen-bond donors (Lipinski definition) is 0. The fourth-order valence-corrected chi connectivity index (χ4v) is 18.9. The van der Waals surface area contributed by atoms with Crippen molar-refractivity contribution in [3.8, 4) is 79.9 Å². The zero-order chi connectivity index (χ0) is 94.8. The maximum atomic E-state index is 6.31. The molecule has 0 saturated heterocycles. The number of rotatable bonds is 12. The van der Waals surface area contributed by atoms with E-state index in [2.05, 4.69) is 353 Å². The van der Waals surface area contributed by atoms with E-state index in [1.165, 1.54) is 0 Å². The Kier molecular flexibility index (Phi) is 27.2. The molecule has 0 radical (unpaired) electrons. The maximum absolute atomic E-state index is 6.31. The van der Waals surface area contributed by atoms with E-state index < -0.39 is 0 Å². The second kappa shape index (κ2) is 41.3. The van der Waals surface area contributed by atoms with E-state index in [1.807, 2.05) is 217 Å². The van der Waals surface area contributed by atoms with Gasteiger partial charge in [-0.1, -0.05) is 145 Å². The summed E-state index contributed by atoms with van der Waals surface area (Å²) in [5.74, 6) is 6.14. The van der Waals surface area contributed by atoms with Gasteiger partial charge in [-0.15, -0.1) is 186 Å². The Bertz CT molecular complexity index is 8100. The second-order valence-electron chi connectivity index (χ2n) is 34.3. The van der Waals surface area contributed by atoms with Crippen LogP contribution >= 0.6 is 0 Å². The van der Waals surface area contributed by atoms with Crippen LogP contribution in [-0.2, 0) is 84.3 Å². The van der Waals surface area contributed by atoms with Crippen molar-refractivity contribution in [2.75, 3.05) is 87.0 Å². The number of hydrogen-bond acceptors (Lipinski definition) is 19. The molecule has 12 heterocycles. The molecule has 146 heavy (non-hydrogen) atoms. The number of anilines is 24. The van der Waals surface area contributed by atoms with E-state index in [9.17, 15) is 0 Å². The Labute approximate surface area is 905 Å². The van der Waals surface area contributed by atoms with Crippen LogP contribution in [-0.4, -0.2) is 52.5 Å². The fourth-order valence-electron chi connectivity index (χ4n) is 18.9. The summed E-state index contributed by atoms with van der Waals surface area (Å²) in [6.07, 6.45) is 12.4. The maximum Gasteiger partial charge on any atom is 4.00 e. The number of para-hydroxylation sites is 16. The molecular formula is C121H82N17O4Pt4-9. The third-order valence-electron chi connectivity index (χ3n) is 25.5. The van der Waals surface area contributed by atoms with Gasteiger partial charge in [-0.2, -0.15) is 73.9 Å². The van der Waals surface area contributed by atoms with Gasteiger partial charge in [-0.05, 0) is 183 Å². The van der Waals surface area contributed by atoms with Crippen LogP contribution in [0.3, 0.4) is 0 Å². The summed E-state index contributed by atoms with van der Waals surface area (Å²) in [7, 11) is 8.23. The summed E-state index contributed by atoms with van der Waals surface area (Å²) in [5.41, 5.74) is 28.9. The van der Waals surface area contributed by atoms with Crippen molar-refractivity contribution in [1.82, 2.24) is 24.3 Å². The van der Waals surface area contributed by atoms with E-state index in [-0.39, 0.29) is 84.3 Å². The summed E-state index contributed by atoms with van der Waals surface area (Å²) < 4.78 is 28.9. The molecule has 0 atom stereocenters. The molecule has 8 aliphatic heterocycles. The van der Waals surface area contributed by atoms with Crippen LogP contribution in [0.2, 0.25) is 0 Å². The Morgan fingerprint density at radius 1 is 0.226 bits per heavy atom. The average molecular weight is 2620 g/mol. The van der Waals surface area contributed by atoms with Crippen LogP contribution in [0.25, 0.3) is 33.9 Å². The van der Waals surface area contributed by atoms with Crippen molar-refractivity contribution >= 4 is 136 Å². The minimum Gasteiger partial charge on any atom is -0.513 e. The van der Waals surface area contributed by atoms with E-state index in [1.54, 1.807) is 23.3 Å². The first-order chi connectivity index (χ1) is 70.0. The third-order valence-corrected chi connectivity index (χ3v) is 25.5. The normalized spacial score (nSPS) is 13.3. The molecule has 0 fully saturated rings. The Balaban J connectivity index is 0.000000113. The minimum absolute atomic E-state index is 0. The molecule has 20 aromatic rings. The van der Waals surface area contributed by atoms with Crippen LogP contribution in [0.5, 0.6) is 46.0 Å². The molecule has 0 aliphatic carbocycles. The van der Waals surface area contributed by atoms with Gasteiger partial charge in [-0.3, -0.25) is 4.68 Å². The van der Waals surface area contributed by atoms with Crippen LogP contribution in [0, 0.1) is 81.4 Å². The van der Waals surface area contributed by atoms with Gasteiger partial charge in [0, 0.05) is 156 Å². The van der Waals surface area contributed by atoms with Crippen molar-refractivity contribution < 1.29 is 103 Å². The summed E-state index contributed by atoms with van der Waals surface area (Å²) in [6, 6.07) is 153. The Morgan fingerprint density at radius 3 is 0.890 bits per heavy atom. The molecule has 0 bridgehead atoms. The van der Waals surface area contributed by atoms with Crippen LogP contribution in [0.4, 0.5) is 136 Å². The van der Waals surface area contributed by atoms with E-state index in [0.29, 0.717) is 0 Å². The molecule has 0 N–H and O–H groups in total. The molecule has 21 nitrogen and oxygen atoms in total. The van der Waals surface area contributed by atoms with Crippen molar-refractivity contribution in [3.63, 3.8) is 0 Å². The van der Waals surface area contributed by atoms with Crippen molar-refractivity contribution in [2.24, 2.45) is 0 Å². The molecule has 0 amide bonds. The zero-order valence-corrected chi connectivity index (χ0v) is 87.5. The number of ether oxygens (including phenoxy) is 4. The Hall–Kier alpha value is -16.1. The van der Waals surface area contributed by atoms with Gasteiger partial charge < -0.3 is 92.3 Å². The molecule has 16 aromatic carbocycles. The quantitative estimate of drug-likeness (QED) is 0.108. The first-order valence-electron chi connectivity index (χ1n) is 46.4. The molecule has 0 spiro atoms. The first-order valence-corrected chi connectivity index (χ1v) is 46.4. The predicted octanol–water partition coefficient (Wildman–Crippen LogP) is 29.2. The number of fused-ring (bicyclic) bond motifs is 12. The zero-order valence-electron chi connectivity index (χ0n) is 78.4. The predicted molar refractivity (Wildman–Crippen MR) is 562 cm³/mol. The molecular weight excluding hydrogens is 2540 g/mol. The van der Waals surface area contributed by atoms with Gasteiger partial charge >= 0.3 is 21.1 Å². The van der Waals surface area contributed by atoms with Crippen molar-refractivity contribution in [3.05, 3.63) is 482 Å². The van der Waals surface area contributed by atoms with Gasteiger partial charge in [-0.25, -0.2) is 0 Å². The first kappa shape index (κ1) is 96.0. The molecule has 0 unspecified atom stereocenters. The van der Waals surface area contributed by atoms with Gasteiger partial charge in [0.15, 0.2) is 0 Å². The summed E-state index contributed by atoms with van der Waals surface area (Å²) >= 11 is 0. The minimum atomic E-state index is 0. The third kappa shape index (κ3) is 18.0. The van der Waals surface area contributed by atoms with Crippen LogP contribution < -0.4 is 77.7 Å². The van der Waals surface area contributed by atoms with Crippen LogP contribution in [0.1, 0.15) is 0 Å². The van der Waals surface area contributed by atoms with Gasteiger partial charge in [0.25, 0.3) is 0 Å². The Morgan fingerprint density at radius 2 is 0.527 bits per heavy atom. The molecule has 25 heteroatoms. The SMILES string of the molecule is CN1[CH-]N(c2[c-]c(N3c4[c-]c(-c5ccccn5)ccc4Oc4ccccc43)ccc2)c2ccccc21.CN1[CH-]N(c2[c-]c(N3c4[c-]c(-n5cccn5)ccc4Oc4ccccc43)ccc2)c2ccccc21.CN1[CH-]N(c2[c-]c3c(cc2)Oc2ccccc2N3c2[c-]c(-c3ccccn3)ccc2)c2ccccc21.CN1[CH-]N(c2[c-]c3c(cc2)Oc2ccccc2N3c2[c-]c(-n3[c-]ccc3)ccc2)c2ccccc21.[Pt+4].[Pt].[Pt].[Pt]. The number of benzene rings is 16. The van der Waals surface area contributed by atoms with Crippen molar-refractivity contribution in [1.29, 1.82) is 0 Å². The van der Waals surface area contributed by atoms with Crippen LogP contribution in [0.15, 0.2) is 401 Å². The molecule has 0 saturated carbocycles. The second-order valence-corrected chi connectivity index (χ2v) is 34.3. The molecule has 4 aromatic heterocycles. The van der Waals surface area contributed by atoms with E-state index in [4.69, 9.17) is 18.9 Å². The number of pyridine rings is 2. The van der Waals surface area contributed by atoms with Crippen molar-refractivity contribution in [2.45, 2.75) is 0 Å². The van der Waals surface area contributed by atoms with Gasteiger partial charge in [0.05, 0.1) is 28.5 Å².